The van der Waals surface area contributed by atoms with Gasteiger partial charge >= 0.3 is 5.97 Å². The second kappa shape index (κ2) is 15.0. The van der Waals surface area contributed by atoms with Crippen LogP contribution in [0.2, 0.25) is 0 Å². The van der Waals surface area contributed by atoms with E-state index in [2.05, 4.69) is 12.2 Å². The minimum Gasteiger partial charge on any atom is -0.494 e. The normalized spacial score (nSPS) is 12.6. The monoisotopic (exact) mass is 549 g/mol. The van der Waals surface area contributed by atoms with E-state index in [0.717, 1.165) is 70.5 Å². The summed E-state index contributed by atoms with van der Waals surface area (Å²) < 4.78 is 18.5. The van der Waals surface area contributed by atoms with E-state index in [0.29, 0.717) is 26.0 Å². The van der Waals surface area contributed by atoms with Crippen LogP contribution in [0, 0.1) is 6.92 Å². The first-order chi connectivity index (χ1) is 18.0. The topological polar surface area (TPSA) is 94.8 Å². The average molecular weight is 550 g/mol. The zero-order chi connectivity index (χ0) is 28.3. The van der Waals surface area contributed by atoms with Crippen LogP contribution in [0.5, 0.6) is 11.5 Å². The van der Waals surface area contributed by atoms with Crippen molar-refractivity contribution in [3.8, 4) is 17.2 Å². The molecule has 0 aliphatic heterocycles. The fourth-order valence-corrected chi connectivity index (χ4v) is 4.08. The van der Waals surface area contributed by atoms with Crippen LogP contribution >= 0.6 is 11.6 Å². The number of carbonyl (C=O) groups excluding carboxylic acids is 1. The summed E-state index contributed by atoms with van der Waals surface area (Å²) in [4.78, 5) is 10.8. The predicted octanol–water partition coefficient (Wildman–Crippen LogP) is 6.43. The first kappa shape index (κ1) is 31.5. The lowest BCUT2D eigenvalue weighted by Gasteiger charge is -2.18. The molecule has 2 N–H and O–H groups in total. The lowest BCUT2D eigenvalue weighted by Crippen LogP contribution is -2.23. The molecule has 1 aromatic heterocycles. The largest absolute Gasteiger partial charge is 0.494 e. The summed E-state index contributed by atoms with van der Waals surface area (Å²) in [5.74, 6) is 2.27. The summed E-state index contributed by atoms with van der Waals surface area (Å²) in [6, 6.07) is 3.95. The molecule has 0 fully saturated rings. The van der Waals surface area contributed by atoms with Crippen molar-refractivity contribution in [2.24, 2.45) is 0 Å². The number of nitrogens with one attached hydrogen (secondary N) is 1. The minimum atomic E-state index is -0.327. The van der Waals surface area contributed by atoms with Crippen LogP contribution in [0.15, 0.2) is 17.2 Å². The van der Waals surface area contributed by atoms with E-state index in [1.54, 1.807) is 7.11 Å². The van der Waals surface area contributed by atoms with Gasteiger partial charge in [-0.3, -0.25) is 4.79 Å². The molecule has 0 atom stereocenters. The van der Waals surface area contributed by atoms with Crippen LogP contribution in [0.3, 0.4) is 0 Å². The molecule has 0 saturated carbocycles. The van der Waals surface area contributed by atoms with Crippen LogP contribution in [-0.2, 0) is 16.0 Å². The van der Waals surface area contributed by atoms with Crippen molar-refractivity contribution in [1.82, 2.24) is 9.78 Å². The Kier molecular flexibility index (Phi) is 12.5. The first-order valence-corrected chi connectivity index (χ1v) is 13.8. The molecule has 0 amide bonds. The third kappa shape index (κ3) is 9.24. The molecule has 0 unspecified atom stereocenters. The number of methoxy groups -OCH3 is 1. The molecule has 0 bridgehead atoms. The molecule has 0 spiro atoms. The molecule has 2 aromatic rings. The maximum atomic E-state index is 10.8. The number of esters is 1. The van der Waals surface area contributed by atoms with Gasteiger partial charge in [0.05, 0.1) is 19.4 Å². The molecule has 212 valence electrons. The number of anilines is 1. The SMILES string of the molecule is CCCC(=O)OC(C)(C)C.CCCOc1cc(-n2nc(NCCCO)c3c2C=C(Cl)CC3)c(OC)cc1C. The van der Waals surface area contributed by atoms with Crippen LogP contribution in [0.25, 0.3) is 11.8 Å². The molecule has 1 aromatic carbocycles. The Labute approximate surface area is 232 Å². The Morgan fingerprint density at radius 3 is 2.53 bits per heavy atom. The number of aromatic nitrogens is 2. The predicted molar refractivity (Wildman–Crippen MR) is 154 cm³/mol. The molecule has 0 radical (unpaired) electrons. The van der Waals surface area contributed by atoms with Crippen LogP contribution in [0.4, 0.5) is 5.82 Å². The van der Waals surface area contributed by atoms with E-state index in [4.69, 9.17) is 36.0 Å². The van der Waals surface area contributed by atoms with Gasteiger partial charge in [0.25, 0.3) is 0 Å². The summed E-state index contributed by atoms with van der Waals surface area (Å²) in [5.41, 5.74) is 3.58. The number of aliphatic hydroxyl groups is 1. The second-order valence-corrected chi connectivity index (χ2v) is 10.7. The van der Waals surface area contributed by atoms with Crippen molar-refractivity contribution in [1.29, 1.82) is 0 Å². The van der Waals surface area contributed by atoms with Gasteiger partial charge in [-0.1, -0.05) is 25.4 Å². The van der Waals surface area contributed by atoms with Gasteiger partial charge < -0.3 is 24.6 Å². The van der Waals surface area contributed by atoms with E-state index < -0.39 is 0 Å². The molecule has 0 saturated heterocycles. The maximum Gasteiger partial charge on any atom is 0.306 e. The highest BCUT2D eigenvalue weighted by atomic mass is 35.5. The molecular weight excluding hydrogens is 506 g/mol. The molecule has 3 rings (SSSR count). The van der Waals surface area contributed by atoms with E-state index in [1.165, 1.54) is 0 Å². The van der Waals surface area contributed by atoms with Crippen molar-refractivity contribution >= 4 is 29.5 Å². The summed E-state index contributed by atoms with van der Waals surface area (Å²) in [6.07, 6.45) is 6.57. The number of hydrogen-bond donors (Lipinski definition) is 2. The Balaban J connectivity index is 0.000000432. The fraction of sp³-hybridized carbons (Fsp3) is 0.586. The van der Waals surface area contributed by atoms with Crippen LogP contribution < -0.4 is 14.8 Å². The third-order valence-corrected chi connectivity index (χ3v) is 5.90. The standard InChI is InChI=1S/C21H28ClN3O3.C8H16O2/c1-4-10-28-19-13-18(20(27-3)11-14(19)2)25-17-12-15(22)6-7-16(17)21(24-25)23-8-5-9-26;1-5-6-7(9)10-8(2,3)4/h11-13,26H,4-10H2,1-3H3,(H,23,24);5-6H2,1-4H3. The summed E-state index contributed by atoms with van der Waals surface area (Å²) in [7, 11) is 1.66. The number of carbonyl (C=O) groups is 1. The van der Waals surface area contributed by atoms with Crippen LogP contribution in [0.1, 0.15) is 83.5 Å². The highest BCUT2D eigenvalue weighted by molar-refractivity contribution is 6.31. The fourth-order valence-electron chi connectivity index (χ4n) is 3.88. The number of nitrogens with zero attached hydrogens (tertiary/aromatic N) is 2. The van der Waals surface area contributed by atoms with Crippen molar-refractivity contribution in [2.75, 3.05) is 32.2 Å². The number of hydrogen-bond acceptors (Lipinski definition) is 7. The summed E-state index contributed by atoms with van der Waals surface area (Å²) in [5, 5.41) is 18.0. The molecule has 9 heteroatoms. The van der Waals surface area contributed by atoms with Crippen molar-refractivity contribution in [3.05, 3.63) is 34.0 Å². The van der Waals surface area contributed by atoms with Gasteiger partial charge in [-0.15, -0.1) is 5.10 Å². The summed E-state index contributed by atoms with van der Waals surface area (Å²) in [6.45, 7) is 13.1. The van der Waals surface area contributed by atoms with Crippen molar-refractivity contribution in [3.63, 3.8) is 0 Å². The number of halogens is 1. The van der Waals surface area contributed by atoms with E-state index in [9.17, 15) is 4.79 Å². The zero-order valence-electron chi connectivity index (χ0n) is 23.9. The minimum absolute atomic E-state index is 0.102. The van der Waals surface area contributed by atoms with Gasteiger partial charge in [0, 0.05) is 36.2 Å². The van der Waals surface area contributed by atoms with Crippen molar-refractivity contribution < 1.29 is 24.1 Å². The van der Waals surface area contributed by atoms with Gasteiger partial charge in [-0.25, -0.2) is 4.68 Å². The smallest absolute Gasteiger partial charge is 0.306 e. The van der Waals surface area contributed by atoms with E-state index >= 15 is 0 Å². The molecule has 38 heavy (non-hydrogen) atoms. The number of aryl methyl sites for hydroxylation is 1. The van der Waals surface area contributed by atoms with E-state index in [-0.39, 0.29) is 18.2 Å². The lowest BCUT2D eigenvalue weighted by atomic mass is 10.0. The Morgan fingerprint density at radius 2 is 1.92 bits per heavy atom. The van der Waals surface area contributed by atoms with Crippen LogP contribution in [-0.4, -0.2) is 53.3 Å². The second-order valence-electron chi connectivity index (χ2n) is 10.2. The Hall–Kier alpha value is -2.71. The van der Waals surface area contributed by atoms with Gasteiger partial charge in [-0.05, 0) is 77.5 Å². The maximum absolute atomic E-state index is 10.8. The highest BCUT2D eigenvalue weighted by Crippen LogP contribution is 2.37. The van der Waals surface area contributed by atoms with Gasteiger partial charge in [0.2, 0.25) is 0 Å². The number of rotatable bonds is 11. The number of allylic oxidation sites excluding steroid dienone is 1. The molecule has 8 nitrogen and oxygen atoms in total. The first-order valence-electron chi connectivity index (χ1n) is 13.4. The highest BCUT2D eigenvalue weighted by Gasteiger charge is 2.23. The molecule has 1 aliphatic carbocycles. The number of fused-ring (bicyclic) bond motifs is 1. The van der Waals surface area contributed by atoms with Gasteiger partial charge in [-0.2, -0.15) is 0 Å². The number of ether oxygens (including phenoxy) is 3. The summed E-state index contributed by atoms with van der Waals surface area (Å²) >= 11 is 6.35. The average Bonchev–Trinajstić information content (AvgIpc) is 3.20. The number of aliphatic hydroxyl groups excluding tert-OH is 1. The van der Waals surface area contributed by atoms with E-state index in [1.807, 2.05) is 57.5 Å². The zero-order valence-corrected chi connectivity index (χ0v) is 24.7. The quantitative estimate of drug-likeness (QED) is 0.246. The van der Waals surface area contributed by atoms with Crippen molar-refractivity contribution in [2.45, 2.75) is 85.7 Å². The molecule has 1 heterocycles. The van der Waals surface area contributed by atoms with Gasteiger partial charge in [0.1, 0.15) is 22.8 Å². The molecule has 1 aliphatic rings. The lowest BCUT2D eigenvalue weighted by molar-refractivity contribution is -0.154. The molecular formula is C29H44ClN3O5. The van der Waals surface area contributed by atoms with Gasteiger partial charge in [0.15, 0.2) is 5.82 Å². The Bertz CT molecular complexity index is 1090. The Morgan fingerprint density at radius 1 is 1.18 bits per heavy atom. The number of benzene rings is 1. The third-order valence-electron chi connectivity index (χ3n) is 5.60.